The monoisotopic (exact) mass is 297 g/mol. The molecule has 0 spiro atoms. The van der Waals surface area contributed by atoms with E-state index >= 15 is 0 Å². The summed E-state index contributed by atoms with van der Waals surface area (Å²) in [7, 11) is 0. The summed E-state index contributed by atoms with van der Waals surface area (Å²) >= 11 is 0. The highest BCUT2D eigenvalue weighted by atomic mass is 16.4. The maximum absolute atomic E-state index is 11.6. The number of rotatable bonds is 7. The van der Waals surface area contributed by atoms with Crippen LogP contribution in [0.5, 0.6) is 0 Å². The number of aliphatic carboxylic acids is 1. The molecule has 1 aromatic heterocycles. The number of aromatic amines is 2. The summed E-state index contributed by atoms with van der Waals surface area (Å²) < 4.78 is 0. The van der Waals surface area contributed by atoms with Gasteiger partial charge in [-0.3, -0.25) is 19.4 Å². The van der Waals surface area contributed by atoms with Crippen LogP contribution in [0.15, 0.2) is 9.59 Å². The summed E-state index contributed by atoms with van der Waals surface area (Å²) in [4.78, 5) is 49.4. The van der Waals surface area contributed by atoms with Gasteiger partial charge in [-0.25, -0.2) is 4.79 Å². The van der Waals surface area contributed by atoms with Gasteiger partial charge in [-0.2, -0.15) is 0 Å². The van der Waals surface area contributed by atoms with Crippen molar-refractivity contribution in [3.05, 3.63) is 32.1 Å². The molecule has 116 valence electrons. The molecule has 21 heavy (non-hydrogen) atoms. The highest BCUT2D eigenvalue weighted by Gasteiger charge is 2.12. The quantitative estimate of drug-likeness (QED) is 0.540. The minimum absolute atomic E-state index is 0.0947. The van der Waals surface area contributed by atoms with E-state index < -0.39 is 23.1 Å². The maximum Gasteiger partial charge on any atom is 0.325 e. The van der Waals surface area contributed by atoms with E-state index in [0.717, 1.165) is 0 Å². The summed E-state index contributed by atoms with van der Waals surface area (Å²) in [6.45, 7) is 3.43. The summed E-state index contributed by atoms with van der Waals surface area (Å²) in [5.41, 5.74) is -0.267. The molecule has 1 rings (SSSR count). The Morgan fingerprint density at radius 2 is 1.95 bits per heavy atom. The van der Waals surface area contributed by atoms with E-state index in [9.17, 15) is 19.2 Å². The Morgan fingerprint density at radius 3 is 2.52 bits per heavy atom. The number of carboxylic acids is 1. The molecule has 0 aliphatic heterocycles. The van der Waals surface area contributed by atoms with Crippen LogP contribution in [0, 0.1) is 12.8 Å². The lowest BCUT2D eigenvalue weighted by atomic mass is 10.1. The summed E-state index contributed by atoms with van der Waals surface area (Å²) in [6, 6.07) is 0. The number of aromatic nitrogens is 2. The molecule has 0 aliphatic carbocycles. The number of amides is 1. The molecular formula is C13H19N3O5. The fourth-order valence-electron chi connectivity index (χ4n) is 1.81. The summed E-state index contributed by atoms with van der Waals surface area (Å²) in [5, 5.41) is 11.3. The van der Waals surface area contributed by atoms with Gasteiger partial charge < -0.3 is 15.4 Å². The number of hydrogen-bond donors (Lipinski definition) is 4. The predicted octanol–water partition coefficient (Wildman–Crippen LogP) is -0.469. The van der Waals surface area contributed by atoms with Gasteiger partial charge in [-0.1, -0.05) is 6.92 Å². The zero-order valence-electron chi connectivity index (χ0n) is 12.0. The molecule has 0 bridgehead atoms. The summed E-state index contributed by atoms with van der Waals surface area (Å²) in [6.07, 6.45) is 0.648. The van der Waals surface area contributed by atoms with Gasteiger partial charge in [-0.05, 0) is 19.8 Å². The van der Waals surface area contributed by atoms with Gasteiger partial charge in [0.05, 0.1) is 5.92 Å². The van der Waals surface area contributed by atoms with Gasteiger partial charge in [0, 0.05) is 24.2 Å². The van der Waals surface area contributed by atoms with E-state index in [-0.39, 0.29) is 25.3 Å². The van der Waals surface area contributed by atoms with Gasteiger partial charge in [0.15, 0.2) is 0 Å². The Kier molecular flexibility index (Phi) is 5.89. The Morgan fingerprint density at radius 1 is 1.29 bits per heavy atom. The molecule has 4 N–H and O–H groups in total. The minimum atomic E-state index is -0.903. The van der Waals surface area contributed by atoms with Crippen molar-refractivity contribution in [2.75, 3.05) is 6.54 Å². The number of carboxylic acid groups (broad SMARTS) is 1. The molecule has 8 heteroatoms. The molecule has 1 aromatic rings. The molecule has 0 fully saturated rings. The smallest absolute Gasteiger partial charge is 0.325 e. The van der Waals surface area contributed by atoms with Crippen LogP contribution in [0.25, 0.3) is 0 Å². The average Bonchev–Trinajstić information content (AvgIpc) is 2.37. The summed E-state index contributed by atoms with van der Waals surface area (Å²) in [5.74, 6) is -1.69. The third kappa shape index (κ3) is 5.25. The fraction of sp³-hybridized carbons (Fsp3) is 0.538. The number of carbonyl (C=O) groups is 2. The number of H-pyrrole nitrogens is 2. The minimum Gasteiger partial charge on any atom is -0.481 e. The van der Waals surface area contributed by atoms with Crippen molar-refractivity contribution in [1.82, 2.24) is 15.3 Å². The van der Waals surface area contributed by atoms with Crippen LogP contribution in [0.4, 0.5) is 0 Å². The molecule has 8 nitrogen and oxygen atoms in total. The third-order valence-electron chi connectivity index (χ3n) is 3.18. The lowest BCUT2D eigenvalue weighted by Gasteiger charge is -2.08. The van der Waals surface area contributed by atoms with Gasteiger partial charge in [-0.15, -0.1) is 0 Å². The first kappa shape index (κ1) is 16.7. The molecule has 1 heterocycles. The van der Waals surface area contributed by atoms with Crippen molar-refractivity contribution in [1.29, 1.82) is 0 Å². The predicted molar refractivity (Wildman–Crippen MR) is 75.2 cm³/mol. The maximum atomic E-state index is 11.6. The Bertz CT molecular complexity index is 631. The molecule has 0 saturated carbocycles. The third-order valence-corrected chi connectivity index (χ3v) is 3.18. The van der Waals surface area contributed by atoms with Gasteiger partial charge in [0.25, 0.3) is 5.56 Å². The SMILES string of the molecule is Cc1[nH]c(=O)[nH]c(=O)c1CCC(=O)NCCC(C)C(=O)O. The second-order valence-electron chi connectivity index (χ2n) is 4.89. The molecule has 0 aromatic carbocycles. The van der Waals surface area contributed by atoms with Crippen LogP contribution in [0.3, 0.4) is 0 Å². The average molecular weight is 297 g/mol. The first-order chi connectivity index (χ1) is 9.81. The van der Waals surface area contributed by atoms with E-state index in [1.54, 1.807) is 13.8 Å². The van der Waals surface area contributed by atoms with Gasteiger partial charge in [0.1, 0.15) is 0 Å². The van der Waals surface area contributed by atoms with E-state index in [2.05, 4.69) is 15.3 Å². The molecule has 0 saturated heterocycles. The number of aryl methyl sites for hydroxylation is 1. The molecule has 1 unspecified atom stereocenters. The number of carbonyl (C=O) groups excluding carboxylic acids is 1. The lowest BCUT2D eigenvalue weighted by Crippen LogP contribution is -2.30. The van der Waals surface area contributed by atoms with E-state index in [0.29, 0.717) is 17.7 Å². The Balaban J connectivity index is 2.46. The number of nitrogens with one attached hydrogen (secondary N) is 3. The second kappa shape index (κ2) is 7.41. The lowest BCUT2D eigenvalue weighted by molar-refractivity contribution is -0.141. The number of hydrogen-bond acceptors (Lipinski definition) is 4. The zero-order chi connectivity index (χ0) is 16.0. The van der Waals surface area contributed by atoms with Crippen molar-refractivity contribution in [3.63, 3.8) is 0 Å². The van der Waals surface area contributed by atoms with Crippen LogP contribution in [0.1, 0.15) is 31.0 Å². The van der Waals surface area contributed by atoms with Crippen LogP contribution in [-0.2, 0) is 16.0 Å². The van der Waals surface area contributed by atoms with Crippen LogP contribution in [0.2, 0.25) is 0 Å². The van der Waals surface area contributed by atoms with Crippen LogP contribution >= 0.6 is 0 Å². The molecular weight excluding hydrogens is 278 g/mol. The topological polar surface area (TPSA) is 132 Å². The first-order valence-electron chi connectivity index (χ1n) is 6.63. The Hall–Kier alpha value is -2.38. The highest BCUT2D eigenvalue weighted by molar-refractivity contribution is 5.76. The van der Waals surface area contributed by atoms with Crippen molar-refractivity contribution < 1.29 is 14.7 Å². The first-order valence-corrected chi connectivity index (χ1v) is 6.63. The van der Waals surface area contributed by atoms with Crippen LogP contribution in [-0.4, -0.2) is 33.5 Å². The van der Waals surface area contributed by atoms with E-state index in [1.807, 2.05) is 0 Å². The molecule has 1 atom stereocenters. The highest BCUT2D eigenvalue weighted by Crippen LogP contribution is 2.01. The standard InChI is InChI=1S/C13H19N3O5/c1-7(12(19)20)5-6-14-10(17)4-3-9-8(2)15-13(21)16-11(9)18/h7H,3-6H2,1-2H3,(H,14,17)(H,19,20)(H2,15,16,18,21). The molecule has 0 radical (unpaired) electrons. The zero-order valence-corrected chi connectivity index (χ0v) is 12.0. The molecule has 0 aliphatic rings. The van der Waals surface area contributed by atoms with E-state index in [4.69, 9.17) is 5.11 Å². The van der Waals surface area contributed by atoms with E-state index in [1.165, 1.54) is 0 Å². The van der Waals surface area contributed by atoms with Crippen LogP contribution < -0.4 is 16.6 Å². The normalized spacial score (nSPS) is 11.9. The van der Waals surface area contributed by atoms with Crippen molar-refractivity contribution in [3.8, 4) is 0 Å². The van der Waals surface area contributed by atoms with Crippen molar-refractivity contribution in [2.45, 2.75) is 33.1 Å². The largest absolute Gasteiger partial charge is 0.481 e. The fourth-order valence-corrected chi connectivity index (χ4v) is 1.81. The van der Waals surface area contributed by atoms with Crippen molar-refractivity contribution in [2.24, 2.45) is 5.92 Å². The second-order valence-corrected chi connectivity index (χ2v) is 4.89. The molecule has 1 amide bonds. The van der Waals surface area contributed by atoms with Gasteiger partial charge >= 0.3 is 11.7 Å². The van der Waals surface area contributed by atoms with Gasteiger partial charge in [0.2, 0.25) is 5.91 Å². The Labute approximate surface area is 120 Å². The van der Waals surface area contributed by atoms with Crippen molar-refractivity contribution >= 4 is 11.9 Å².